The summed E-state index contributed by atoms with van der Waals surface area (Å²) in [7, 11) is 1.69. The van der Waals surface area contributed by atoms with E-state index in [-0.39, 0.29) is 28.1 Å². The summed E-state index contributed by atoms with van der Waals surface area (Å²) in [6.07, 6.45) is 7.72. The molecule has 4 aliphatic rings. The average molecular weight is 488 g/mol. The van der Waals surface area contributed by atoms with Gasteiger partial charge in [-0.3, -0.25) is 9.59 Å². The molecule has 4 bridgehead atoms. The van der Waals surface area contributed by atoms with Crippen LogP contribution >= 0.6 is 39.1 Å². The van der Waals surface area contributed by atoms with Crippen molar-refractivity contribution in [1.29, 1.82) is 0 Å². The van der Waals surface area contributed by atoms with E-state index in [4.69, 9.17) is 23.2 Å². The van der Waals surface area contributed by atoms with Crippen LogP contribution in [0.4, 0.5) is 5.69 Å². The second-order valence-corrected chi connectivity index (χ2v) is 11.7. The largest absolute Gasteiger partial charge is 0.336 e. The third-order valence-corrected chi connectivity index (χ3v) is 8.23. The van der Waals surface area contributed by atoms with Gasteiger partial charge in [0.2, 0.25) is 11.8 Å². The van der Waals surface area contributed by atoms with Crippen LogP contribution in [0.25, 0.3) is 0 Å². The van der Waals surface area contributed by atoms with Crippen LogP contribution in [0.2, 0.25) is 10.0 Å². The van der Waals surface area contributed by atoms with E-state index in [1.807, 2.05) is 0 Å². The third kappa shape index (κ3) is 4.08. The lowest BCUT2D eigenvalue weighted by Crippen LogP contribution is -2.54. The second kappa shape index (κ2) is 7.48. The number of carbonyl (C=O) groups excluding carboxylic acids is 2. The molecule has 0 spiro atoms. The van der Waals surface area contributed by atoms with Crippen molar-refractivity contribution >= 4 is 56.6 Å². The first kappa shape index (κ1) is 20.5. The molecule has 0 heterocycles. The number of halogens is 3. The molecule has 0 aromatic heterocycles. The third-order valence-electron chi connectivity index (χ3n) is 6.67. The molecule has 0 aliphatic heterocycles. The van der Waals surface area contributed by atoms with E-state index in [2.05, 4.69) is 21.2 Å². The molecule has 7 heteroatoms. The van der Waals surface area contributed by atoms with Crippen LogP contribution in [0.15, 0.2) is 18.2 Å². The van der Waals surface area contributed by atoms with Gasteiger partial charge >= 0.3 is 0 Å². The number of hydrogen-bond donors (Lipinski definition) is 1. The Morgan fingerprint density at radius 3 is 2.36 bits per heavy atom. The molecule has 0 saturated heterocycles. The number of likely N-dealkylation sites (N-methyl/N-ethyl adjacent to an activating group) is 1. The summed E-state index contributed by atoms with van der Waals surface area (Å²) in [5.41, 5.74) is 0.487. The highest BCUT2D eigenvalue weighted by Gasteiger charge is 2.57. The first-order chi connectivity index (χ1) is 13.2. The van der Waals surface area contributed by atoms with E-state index in [1.165, 1.54) is 24.2 Å². The zero-order valence-electron chi connectivity index (χ0n) is 15.9. The van der Waals surface area contributed by atoms with Gasteiger partial charge in [-0.1, -0.05) is 45.2 Å². The summed E-state index contributed by atoms with van der Waals surface area (Å²) in [6.45, 7) is -0.0111. The van der Waals surface area contributed by atoms with Gasteiger partial charge in [0.15, 0.2) is 0 Å². The number of carbonyl (C=O) groups is 2. The molecule has 1 aromatic carbocycles. The van der Waals surface area contributed by atoms with E-state index in [9.17, 15) is 9.59 Å². The van der Waals surface area contributed by atoms with Gasteiger partial charge in [0.25, 0.3) is 0 Å². The van der Waals surface area contributed by atoms with Gasteiger partial charge in [0.1, 0.15) is 0 Å². The normalized spacial score (nSPS) is 33.0. The molecule has 4 saturated carbocycles. The lowest BCUT2D eigenvalue weighted by molar-refractivity contribution is -0.139. The molecular weight excluding hydrogens is 463 g/mol. The van der Waals surface area contributed by atoms with Crippen LogP contribution in [0, 0.1) is 17.3 Å². The number of amides is 2. The molecule has 152 valence electrons. The number of alkyl halides is 1. The van der Waals surface area contributed by atoms with E-state index >= 15 is 0 Å². The molecule has 4 fully saturated rings. The van der Waals surface area contributed by atoms with Gasteiger partial charge in [-0.25, -0.2) is 0 Å². The highest BCUT2D eigenvalue weighted by Crippen LogP contribution is 2.65. The van der Waals surface area contributed by atoms with Crippen molar-refractivity contribution in [3.63, 3.8) is 0 Å². The summed E-state index contributed by atoms with van der Waals surface area (Å²) in [4.78, 5) is 26.9. The zero-order chi connectivity index (χ0) is 20.1. The molecule has 28 heavy (non-hydrogen) atoms. The lowest BCUT2D eigenvalue weighted by Gasteiger charge is -2.60. The maximum atomic E-state index is 12.9. The van der Waals surface area contributed by atoms with Crippen molar-refractivity contribution in [3.8, 4) is 0 Å². The summed E-state index contributed by atoms with van der Waals surface area (Å²) in [5, 5.41) is 3.49. The molecule has 4 aliphatic carbocycles. The van der Waals surface area contributed by atoms with Gasteiger partial charge in [0, 0.05) is 17.8 Å². The minimum absolute atomic E-state index is 0.0111. The number of para-hydroxylation sites is 1. The molecule has 1 N–H and O–H groups in total. The summed E-state index contributed by atoms with van der Waals surface area (Å²) < 4.78 is 0.230. The van der Waals surface area contributed by atoms with Crippen molar-refractivity contribution in [2.75, 3.05) is 18.9 Å². The quantitative estimate of drug-likeness (QED) is 0.556. The fourth-order valence-corrected chi connectivity index (χ4v) is 8.10. The number of rotatable bonds is 5. The SMILES string of the molecule is CN(CC(=O)Nc1c(Cl)cccc1Cl)C(=O)CC12C[C@H]3C[C@@H](CC(Br)(C3)C1)C2. The Hall–Kier alpha value is -0.780. The van der Waals surface area contributed by atoms with Crippen LogP contribution < -0.4 is 5.32 Å². The molecule has 0 radical (unpaired) electrons. The number of benzene rings is 1. The fourth-order valence-electron chi connectivity index (χ4n) is 6.10. The van der Waals surface area contributed by atoms with E-state index in [1.54, 1.807) is 25.2 Å². The number of hydrogen-bond acceptors (Lipinski definition) is 2. The van der Waals surface area contributed by atoms with E-state index in [0.717, 1.165) is 31.1 Å². The first-order valence-corrected chi connectivity index (χ1v) is 11.4. The molecule has 2 amide bonds. The summed E-state index contributed by atoms with van der Waals surface area (Å²) in [5.74, 6) is 1.22. The molecule has 4 nitrogen and oxygen atoms in total. The number of anilines is 1. The van der Waals surface area contributed by atoms with Crippen molar-refractivity contribution in [2.45, 2.75) is 49.3 Å². The van der Waals surface area contributed by atoms with E-state index in [0.29, 0.717) is 22.2 Å². The van der Waals surface area contributed by atoms with Crippen molar-refractivity contribution < 1.29 is 9.59 Å². The van der Waals surface area contributed by atoms with Crippen molar-refractivity contribution in [3.05, 3.63) is 28.2 Å². The van der Waals surface area contributed by atoms with Gasteiger partial charge in [-0.15, -0.1) is 0 Å². The Kier molecular flexibility index (Phi) is 5.47. The summed E-state index contributed by atoms with van der Waals surface area (Å²) in [6, 6.07) is 5.06. The molecule has 2 atom stereocenters. The van der Waals surface area contributed by atoms with Gasteiger partial charge in [0.05, 0.1) is 22.3 Å². The van der Waals surface area contributed by atoms with E-state index < -0.39 is 0 Å². The Morgan fingerprint density at radius 1 is 1.18 bits per heavy atom. The zero-order valence-corrected chi connectivity index (χ0v) is 19.0. The van der Waals surface area contributed by atoms with Crippen LogP contribution in [-0.2, 0) is 9.59 Å². The second-order valence-electron chi connectivity index (χ2n) is 9.18. The average Bonchev–Trinajstić information content (AvgIpc) is 2.55. The van der Waals surface area contributed by atoms with Crippen LogP contribution in [0.1, 0.15) is 44.9 Å². The maximum absolute atomic E-state index is 12.9. The van der Waals surface area contributed by atoms with Gasteiger partial charge in [-0.2, -0.15) is 0 Å². The van der Waals surface area contributed by atoms with Gasteiger partial charge < -0.3 is 10.2 Å². The highest BCUT2D eigenvalue weighted by atomic mass is 79.9. The van der Waals surface area contributed by atoms with Crippen LogP contribution in [0.5, 0.6) is 0 Å². The fraction of sp³-hybridized carbons (Fsp3) is 0.619. The smallest absolute Gasteiger partial charge is 0.244 e. The van der Waals surface area contributed by atoms with Gasteiger partial charge in [-0.05, 0) is 67.9 Å². The molecular formula is C21H25BrCl2N2O2. The standard InChI is InChI=1S/C21H25BrCl2N2O2/c1-26(11-17(27)25-19-15(23)3-2-4-16(19)24)18(28)10-20-6-13-5-14(7-20)9-21(22,8-13)12-20/h2-4,13-14H,5-12H2,1H3,(H,25,27)/t13-,14-,20?,21?/m1/s1. The Morgan fingerprint density at radius 2 is 1.79 bits per heavy atom. The highest BCUT2D eigenvalue weighted by molar-refractivity contribution is 9.10. The minimum Gasteiger partial charge on any atom is -0.336 e. The molecule has 5 rings (SSSR count). The topological polar surface area (TPSA) is 49.4 Å². The molecule has 0 unspecified atom stereocenters. The van der Waals surface area contributed by atoms with Crippen molar-refractivity contribution in [1.82, 2.24) is 4.90 Å². The predicted octanol–water partition coefficient (Wildman–Crippen LogP) is 5.51. The maximum Gasteiger partial charge on any atom is 0.244 e. The Labute approximate surface area is 184 Å². The number of nitrogens with zero attached hydrogens (tertiary/aromatic N) is 1. The predicted molar refractivity (Wildman–Crippen MR) is 116 cm³/mol. The molecule has 1 aromatic rings. The van der Waals surface area contributed by atoms with Crippen molar-refractivity contribution in [2.24, 2.45) is 17.3 Å². The summed E-state index contributed by atoms with van der Waals surface area (Å²) >= 11 is 16.2. The van der Waals surface area contributed by atoms with Crippen LogP contribution in [0.3, 0.4) is 0 Å². The van der Waals surface area contributed by atoms with Crippen LogP contribution in [-0.4, -0.2) is 34.6 Å². The first-order valence-electron chi connectivity index (χ1n) is 9.84. The minimum atomic E-state index is -0.298. The monoisotopic (exact) mass is 486 g/mol. The Balaban J connectivity index is 1.37. The lowest BCUT2D eigenvalue weighted by atomic mass is 9.48. The number of nitrogens with one attached hydrogen (secondary N) is 1. The Bertz CT molecular complexity index is 781.